The average Bonchev–Trinajstić information content (AvgIpc) is 3.11. The van der Waals surface area contributed by atoms with E-state index in [-0.39, 0.29) is 12.2 Å². The predicted molar refractivity (Wildman–Crippen MR) is 77.4 cm³/mol. The van der Waals surface area contributed by atoms with Gasteiger partial charge >= 0.3 is 6.09 Å². The van der Waals surface area contributed by atoms with Crippen molar-refractivity contribution in [1.29, 1.82) is 0 Å². The Bertz CT molecular complexity index is 501. The van der Waals surface area contributed by atoms with E-state index < -0.39 is 0 Å². The summed E-state index contributed by atoms with van der Waals surface area (Å²) in [4.78, 5) is 12.0. The molecule has 3 fully saturated rings. The summed E-state index contributed by atoms with van der Waals surface area (Å²) in [5.74, 6) is 3.23. The predicted octanol–water partition coefficient (Wildman–Crippen LogP) is 4.06. The second kappa shape index (κ2) is 4.80. The highest BCUT2D eigenvalue weighted by atomic mass is 16.6. The number of hydrogen-bond acceptors (Lipinski definition) is 2. The van der Waals surface area contributed by atoms with Crippen LogP contribution in [0.5, 0.6) is 0 Å². The molecule has 3 aliphatic carbocycles. The lowest BCUT2D eigenvalue weighted by atomic mass is 9.80. The number of hydrogen-bond donors (Lipinski definition) is 1. The van der Waals surface area contributed by atoms with E-state index in [0.717, 1.165) is 29.9 Å². The van der Waals surface area contributed by atoms with Crippen LogP contribution in [0.15, 0.2) is 30.3 Å². The zero-order valence-corrected chi connectivity index (χ0v) is 11.6. The first-order chi connectivity index (χ1) is 9.81. The molecule has 106 valence electrons. The first-order valence-electron chi connectivity index (χ1n) is 7.84. The molecule has 0 heterocycles. The molecule has 1 aromatic carbocycles. The van der Waals surface area contributed by atoms with Crippen LogP contribution in [0.1, 0.15) is 32.1 Å². The first-order valence-corrected chi connectivity index (χ1v) is 7.84. The third-order valence-electron chi connectivity index (χ3n) is 5.65. The van der Waals surface area contributed by atoms with Crippen molar-refractivity contribution in [3.63, 3.8) is 0 Å². The van der Waals surface area contributed by atoms with Gasteiger partial charge in [-0.05, 0) is 61.5 Å². The van der Waals surface area contributed by atoms with Crippen LogP contribution in [0.4, 0.5) is 10.5 Å². The van der Waals surface area contributed by atoms with E-state index in [0.29, 0.717) is 5.92 Å². The lowest BCUT2D eigenvalue weighted by molar-refractivity contribution is 0.0431. The summed E-state index contributed by atoms with van der Waals surface area (Å²) in [7, 11) is 0. The SMILES string of the molecule is O=C(Nc1ccccc1)O[C@@H]1C[C@H]2C[C@H]1[C@@H]1CCC[C@H]21. The average molecular weight is 271 g/mol. The fraction of sp³-hybridized carbons (Fsp3) is 0.588. The highest BCUT2D eigenvalue weighted by Gasteiger charge is 2.55. The van der Waals surface area contributed by atoms with E-state index in [2.05, 4.69) is 5.32 Å². The van der Waals surface area contributed by atoms with Crippen molar-refractivity contribution in [2.45, 2.75) is 38.2 Å². The molecule has 1 N–H and O–H groups in total. The lowest BCUT2D eigenvalue weighted by Gasteiger charge is -2.31. The Morgan fingerprint density at radius 2 is 1.85 bits per heavy atom. The fourth-order valence-electron chi connectivity index (χ4n) is 4.95. The number of benzene rings is 1. The van der Waals surface area contributed by atoms with Crippen molar-refractivity contribution in [1.82, 2.24) is 0 Å². The Kier molecular flexibility index (Phi) is 2.94. The fourth-order valence-corrected chi connectivity index (χ4v) is 4.95. The summed E-state index contributed by atoms with van der Waals surface area (Å²) in [5, 5.41) is 2.83. The Labute approximate surface area is 119 Å². The molecule has 20 heavy (non-hydrogen) atoms. The second-order valence-electron chi connectivity index (χ2n) is 6.59. The molecule has 1 amide bonds. The van der Waals surface area contributed by atoms with E-state index in [4.69, 9.17) is 4.74 Å². The minimum atomic E-state index is -0.289. The van der Waals surface area contributed by atoms with Crippen molar-refractivity contribution in [3.05, 3.63) is 30.3 Å². The molecule has 0 spiro atoms. The minimum absolute atomic E-state index is 0.156. The zero-order chi connectivity index (χ0) is 13.5. The maximum atomic E-state index is 12.0. The van der Waals surface area contributed by atoms with E-state index in [1.54, 1.807) is 0 Å². The summed E-state index contributed by atoms with van der Waals surface area (Å²) in [6.45, 7) is 0. The lowest BCUT2D eigenvalue weighted by Crippen LogP contribution is -2.33. The number of fused-ring (bicyclic) bond motifs is 5. The zero-order valence-electron chi connectivity index (χ0n) is 11.6. The van der Waals surface area contributed by atoms with Gasteiger partial charge in [0.2, 0.25) is 0 Å². The van der Waals surface area contributed by atoms with Gasteiger partial charge in [-0.1, -0.05) is 24.6 Å². The van der Waals surface area contributed by atoms with Crippen LogP contribution >= 0.6 is 0 Å². The molecule has 3 nitrogen and oxygen atoms in total. The van der Waals surface area contributed by atoms with Gasteiger partial charge in [-0.15, -0.1) is 0 Å². The summed E-state index contributed by atoms with van der Waals surface area (Å²) in [5.41, 5.74) is 0.805. The van der Waals surface area contributed by atoms with E-state index >= 15 is 0 Å². The summed E-state index contributed by atoms with van der Waals surface area (Å²) < 4.78 is 5.71. The minimum Gasteiger partial charge on any atom is -0.446 e. The monoisotopic (exact) mass is 271 g/mol. The number of amides is 1. The molecule has 0 unspecified atom stereocenters. The number of rotatable bonds is 2. The Balaban J connectivity index is 1.37. The van der Waals surface area contributed by atoms with Crippen LogP contribution in [-0.4, -0.2) is 12.2 Å². The van der Waals surface area contributed by atoms with Crippen molar-refractivity contribution in [3.8, 4) is 0 Å². The number of carbonyl (C=O) groups excluding carboxylic acids is 1. The quantitative estimate of drug-likeness (QED) is 0.881. The molecule has 3 aliphatic rings. The number of carbonyl (C=O) groups is 1. The molecule has 3 saturated carbocycles. The number of anilines is 1. The first kappa shape index (κ1) is 12.2. The van der Waals surface area contributed by atoms with Gasteiger partial charge in [0.1, 0.15) is 6.10 Å². The second-order valence-corrected chi connectivity index (χ2v) is 6.59. The Morgan fingerprint density at radius 1 is 1.05 bits per heavy atom. The Hall–Kier alpha value is -1.51. The molecule has 0 saturated heterocycles. The largest absolute Gasteiger partial charge is 0.446 e. The molecule has 5 atom stereocenters. The number of nitrogens with one attached hydrogen (secondary N) is 1. The topological polar surface area (TPSA) is 38.3 Å². The highest BCUT2D eigenvalue weighted by Crippen LogP contribution is 2.59. The molecule has 0 aromatic heterocycles. The molecule has 2 bridgehead atoms. The van der Waals surface area contributed by atoms with E-state index in [1.165, 1.54) is 25.7 Å². The van der Waals surface area contributed by atoms with Gasteiger partial charge in [0.15, 0.2) is 0 Å². The van der Waals surface area contributed by atoms with Gasteiger partial charge in [-0.2, -0.15) is 0 Å². The highest BCUT2D eigenvalue weighted by molar-refractivity contribution is 5.84. The normalized spacial score (nSPS) is 37.7. The van der Waals surface area contributed by atoms with Crippen molar-refractivity contribution >= 4 is 11.8 Å². The summed E-state index contributed by atoms with van der Waals surface area (Å²) in [6.07, 6.45) is 6.39. The third kappa shape index (κ3) is 2.00. The summed E-state index contributed by atoms with van der Waals surface area (Å²) in [6, 6.07) is 9.53. The van der Waals surface area contributed by atoms with Crippen molar-refractivity contribution in [2.75, 3.05) is 5.32 Å². The van der Waals surface area contributed by atoms with Gasteiger partial charge in [0.05, 0.1) is 0 Å². The van der Waals surface area contributed by atoms with Gasteiger partial charge in [-0.25, -0.2) is 4.79 Å². The van der Waals surface area contributed by atoms with Crippen molar-refractivity contribution < 1.29 is 9.53 Å². The van der Waals surface area contributed by atoms with Crippen LogP contribution in [0, 0.1) is 23.7 Å². The maximum absolute atomic E-state index is 12.0. The standard InChI is InChI=1S/C17H21NO2/c19-17(18-12-5-2-1-3-6-12)20-16-10-11-9-15(16)14-8-4-7-13(11)14/h1-3,5-6,11,13-16H,4,7-10H2,(H,18,19)/t11-,13-,14-,15+,16-/m1/s1. The van der Waals surface area contributed by atoms with Gasteiger partial charge in [-0.3, -0.25) is 5.32 Å². The molecule has 3 heteroatoms. The molecule has 1 aromatic rings. The smallest absolute Gasteiger partial charge is 0.411 e. The Morgan fingerprint density at radius 3 is 2.70 bits per heavy atom. The van der Waals surface area contributed by atoms with E-state index in [1.807, 2.05) is 30.3 Å². The molecular weight excluding hydrogens is 250 g/mol. The maximum Gasteiger partial charge on any atom is 0.411 e. The van der Waals surface area contributed by atoms with E-state index in [9.17, 15) is 4.79 Å². The summed E-state index contributed by atoms with van der Waals surface area (Å²) >= 11 is 0. The van der Waals surface area contributed by atoms with Crippen molar-refractivity contribution in [2.24, 2.45) is 23.7 Å². The molecular formula is C17H21NO2. The third-order valence-corrected chi connectivity index (χ3v) is 5.65. The van der Waals surface area contributed by atoms with Gasteiger partial charge in [0.25, 0.3) is 0 Å². The van der Waals surface area contributed by atoms with Crippen LogP contribution in [-0.2, 0) is 4.74 Å². The van der Waals surface area contributed by atoms with Crippen LogP contribution in [0.2, 0.25) is 0 Å². The van der Waals surface area contributed by atoms with Crippen LogP contribution in [0.3, 0.4) is 0 Å². The van der Waals surface area contributed by atoms with Crippen LogP contribution in [0.25, 0.3) is 0 Å². The van der Waals surface area contributed by atoms with Crippen LogP contribution < -0.4 is 5.32 Å². The van der Waals surface area contributed by atoms with Gasteiger partial charge < -0.3 is 4.74 Å². The molecule has 0 aliphatic heterocycles. The number of para-hydroxylation sites is 1. The van der Waals surface area contributed by atoms with Gasteiger partial charge in [0, 0.05) is 5.69 Å². The molecule has 4 rings (SSSR count). The number of ether oxygens (including phenoxy) is 1. The molecule has 0 radical (unpaired) electrons.